The summed E-state index contributed by atoms with van der Waals surface area (Å²) in [6, 6.07) is 11.7. The van der Waals surface area contributed by atoms with Crippen molar-refractivity contribution in [1.29, 1.82) is 0 Å². The predicted octanol–water partition coefficient (Wildman–Crippen LogP) is 4.92. The van der Waals surface area contributed by atoms with Crippen LogP contribution in [0.4, 0.5) is 13.6 Å². The van der Waals surface area contributed by atoms with Gasteiger partial charge in [-0.1, -0.05) is 41.9 Å². The highest BCUT2D eigenvalue weighted by Crippen LogP contribution is 2.30. The van der Waals surface area contributed by atoms with Gasteiger partial charge >= 0.3 is 6.09 Å². The number of piperidine rings is 1. The van der Waals surface area contributed by atoms with Crippen LogP contribution in [0.25, 0.3) is 10.9 Å². The molecule has 1 aromatic heterocycles. The molecule has 0 radical (unpaired) electrons. The van der Waals surface area contributed by atoms with Gasteiger partial charge in [-0.2, -0.15) is 0 Å². The molecule has 0 saturated carbocycles. The molecular formula is C25H26ClF2N3O3. The number of nitrogens with one attached hydrogen (secondary N) is 1. The van der Waals surface area contributed by atoms with Crippen LogP contribution in [0.15, 0.2) is 48.7 Å². The summed E-state index contributed by atoms with van der Waals surface area (Å²) in [5.74, 6) is -0.104. The largest absolute Gasteiger partial charge is 0.497 e. The Morgan fingerprint density at radius 1 is 1.29 bits per heavy atom. The number of carbonyl (C=O) groups is 1. The van der Waals surface area contributed by atoms with E-state index in [1.165, 1.54) is 19.4 Å². The summed E-state index contributed by atoms with van der Waals surface area (Å²) in [5.41, 5.74) is 1.83. The Balaban J connectivity index is 1.32. The van der Waals surface area contributed by atoms with Gasteiger partial charge in [-0.05, 0) is 30.0 Å². The number of alkyl carbamates (subject to hydrolysis) is 1. The summed E-state index contributed by atoms with van der Waals surface area (Å²) in [5, 5.41) is 3.65. The number of benzene rings is 2. The van der Waals surface area contributed by atoms with E-state index in [1.54, 1.807) is 6.07 Å². The van der Waals surface area contributed by atoms with Crippen molar-refractivity contribution in [3.63, 3.8) is 0 Å². The summed E-state index contributed by atoms with van der Waals surface area (Å²) in [6.45, 7) is 1.43. The molecule has 180 valence electrons. The van der Waals surface area contributed by atoms with Crippen LogP contribution in [-0.2, 0) is 17.8 Å². The number of ether oxygens (including phenoxy) is 2. The molecule has 0 bridgehead atoms. The van der Waals surface area contributed by atoms with Gasteiger partial charge in [-0.3, -0.25) is 9.88 Å². The standard InChI is InChI=1S/C25H26ClF2N3O3/c1-33-17-11-19-18(20(26)13-29-24(19)21(27)12-17)7-9-31-10-8-23(22(28)14-31)30-25(32)34-15-16-5-3-2-4-6-16/h2-6,11-13,22-23H,7-10,14-15H2,1H3,(H,30,32)/t22-,23+/m1/s1. The molecule has 9 heteroatoms. The highest BCUT2D eigenvalue weighted by Gasteiger charge is 2.30. The van der Waals surface area contributed by atoms with Crippen LogP contribution in [0.2, 0.25) is 5.02 Å². The van der Waals surface area contributed by atoms with E-state index < -0.39 is 24.1 Å². The Morgan fingerprint density at radius 3 is 2.82 bits per heavy atom. The molecule has 1 fully saturated rings. The van der Waals surface area contributed by atoms with Gasteiger partial charge in [0.25, 0.3) is 0 Å². The van der Waals surface area contributed by atoms with E-state index in [1.807, 2.05) is 35.2 Å². The van der Waals surface area contributed by atoms with Crippen LogP contribution in [0, 0.1) is 5.82 Å². The minimum atomic E-state index is -1.24. The number of amides is 1. The molecule has 2 aromatic carbocycles. The van der Waals surface area contributed by atoms with Crippen molar-refractivity contribution >= 4 is 28.6 Å². The topological polar surface area (TPSA) is 63.7 Å². The molecule has 1 saturated heterocycles. The smallest absolute Gasteiger partial charge is 0.407 e. The van der Waals surface area contributed by atoms with E-state index in [9.17, 15) is 13.6 Å². The first-order valence-corrected chi connectivity index (χ1v) is 11.5. The monoisotopic (exact) mass is 489 g/mol. The molecule has 1 amide bonds. The molecule has 2 heterocycles. The lowest BCUT2D eigenvalue weighted by Crippen LogP contribution is -2.52. The molecule has 2 atom stereocenters. The lowest BCUT2D eigenvalue weighted by Gasteiger charge is -2.34. The zero-order valence-corrected chi connectivity index (χ0v) is 19.5. The van der Waals surface area contributed by atoms with Gasteiger partial charge in [-0.25, -0.2) is 13.6 Å². The van der Waals surface area contributed by atoms with E-state index in [-0.39, 0.29) is 18.7 Å². The Labute approximate surface area is 201 Å². The van der Waals surface area contributed by atoms with Gasteiger partial charge in [0.1, 0.15) is 24.0 Å². The minimum absolute atomic E-state index is 0.133. The SMILES string of the molecule is COc1cc(F)c2ncc(Cl)c(CCN3CC[C@H](NC(=O)OCc4ccccc4)[C@H](F)C3)c2c1. The van der Waals surface area contributed by atoms with Crippen molar-refractivity contribution in [2.24, 2.45) is 0 Å². The van der Waals surface area contributed by atoms with Crippen LogP contribution >= 0.6 is 11.6 Å². The zero-order valence-electron chi connectivity index (χ0n) is 18.8. The average molecular weight is 490 g/mol. The summed E-state index contributed by atoms with van der Waals surface area (Å²) < 4.78 is 39.6. The van der Waals surface area contributed by atoms with Gasteiger partial charge in [0, 0.05) is 37.3 Å². The molecule has 4 rings (SSSR count). The highest BCUT2D eigenvalue weighted by molar-refractivity contribution is 6.32. The third kappa shape index (κ3) is 5.74. The Hall–Kier alpha value is -2.97. The van der Waals surface area contributed by atoms with Crippen molar-refractivity contribution < 1.29 is 23.0 Å². The maximum absolute atomic E-state index is 14.8. The molecule has 0 aliphatic carbocycles. The summed E-state index contributed by atoms with van der Waals surface area (Å²) >= 11 is 6.37. The average Bonchev–Trinajstić information content (AvgIpc) is 2.84. The van der Waals surface area contributed by atoms with Gasteiger partial charge < -0.3 is 14.8 Å². The third-order valence-electron chi connectivity index (χ3n) is 6.01. The van der Waals surface area contributed by atoms with E-state index in [4.69, 9.17) is 21.1 Å². The second kappa shape index (κ2) is 11.0. The minimum Gasteiger partial charge on any atom is -0.497 e. The number of aromatic nitrogens is 1. The van der Waals surface area contributed by atoms with Gasteiger partial charge in [0.15, 0.2) is 5.82 Å². The van der Waals surface area contributed by atoms with Crippen molar-refractivity contribution in [3.8, 4) is 5.75 Å². The maximum Gasteiger partial charge on any atom is 0.407 e. The molecule has 34 heavy (non-hydrogen) atoms. The first kappa shape index (κ1) is 24.2. The molecule has 6 nitrogen and oxygen atoms in total. The number of likely N-dealkylation sites (tertiary alicyclic amines) is 1. The van der Waals surface area contributed by atoms with Gasteiger partial charge in [0.05, 0.1) is 18.2 Å². The zero-order chi connectivity index (χ0) is 24.1. The quantitative estimate of drug-likeness (QED) is 0.510. The fourth-order valence-corrected chi connectivity index (χ4v) is 4.40. The first-order chi connectivity index (χ1) is 16.4. The number of fused-ring (bicyclic) bond motifs is 1. The third-order valence-corrected chi connectivity index (χ3v) is 6.34. The number of rotatable bonds is 7. The molecular weight excluding hydrogens is 464 g/mol. The van der Waals surface area contributed by atoms with Crippen LogP contribution in [0.3, 0.4) is 0 Å². The molecule has 0 unspecified atom stereocenters. The van der Waals surface area contributed by atoms with Crippen LogP contribution < -0.4 is 10.1 Å². The number of pyridine rings is 1. The number of hydrogen-bond acceptors (Lipinski definition) is 5. The number of methoxy groups -OCH3 is 1. The lowest BCUT2D eigenvalue weighted by molar-refractivity contribution is 0.0888. The van der Waals surface area contributed by atoms with E-state index in [2.05, 4.69) is 10.3 Å². The van der Waals surface area contributed by atoms with Crippen LogP contribution in [0.1, 0.15) is 17.5 Å². The molecule has 1 N–H and O–H groups in total. The number of carbonyl (C=O) groups excluding carboxylic acids is 1. The van der Waals surface area contributed by atoms with Crippen molar-refractivity contribution in [3.05, 3.63) is 70.6 Å². The number of nitrogens with zero attached hydrogens (tertiary/aromatic N) is 2. The normalized spacial score (nSPS) is 18.6. The maximum atomic E-state index is 14.8. The Kier molecular flexibility index (Phi) is 7.80. The van der Waals surface area contributed by atoms with Crippen molar-refractivity contribution in [2.45, 2.75) is 31.7 Å². The van der Waals surface area contributed by atoms with E-state index in [0.29, 0.717) is 42.1 Å². The lowest BCUT2D eigenvalue weighted by atomic mass is 10.0. The fraction of sp³-hybridized carbons (Fsp3) is 0.360. The van der Waals surface area contributed by atoms with Crippen LogP contribution in [0.5, 0.6) is 5.75 Å². The van der Waals surface area contributed by atoms with Crippen molar-refractivity contribution in [1.82, 2.24) is 15.2 Å². The number of alkyl halides is 1. The van der Waals surface area contributed by atoms with E-state index >= 15 is 0 Å². The van der Waals surface area contributed by atoms with E-state index in [0.717, 1.165) is 11.1 Å². The second-order valence-corrected chi connectivity index (χ2v) is 8.67. The summed E-state index contributed by atoms with van der Waals surface area (Å²) in [7, 11) is 1.47. The predicted molar refractivity (Wildman–Crippen MR) is 126 cm³/mol. The highest BCUT2D eigenvalue weighted by atomic mass is 35.5. The number of hydrogen-bond donors (Lipinski definition) is 1. The van der Waals surface area contributed by atoms with Crippen LogP contribution in [-0.4, -0.2) is 54.9 Å². The Morgan fingerprint density at radius 2 is 2.09 bits per heavy atom. The molecule has 0 spiro atoms. The molecule has 1 aliphatic rings. The van der Waals surface area contributed by atoms with Crippen molar-refractivity contribution in [2.75, 3.05) is 26.7 Å². The second-order valence-electron chi connectivity index (χ2n) is 8.26. The summed E-state index contributed by atoms with van der Waals surface area (Å²) in [6.07, 6.45) is 0.518. The van der Waals surface area contributed by atoms with Gasteiger partial charge in [-0.15, -0.1) is 0 Å². The first-order valence-electron chi connectivity index (χ1n) is 11.1. The summed E-state index contributed by atoms with van der Waals surface area (Å²) in [4.78, 5) is 18.2. The Bertz CT molecular complexity index is 1150. The molecule has 1 aliphatic heterocycles. The molecule has 3 aromatic rings. The van der Waals surface area contributed by atoms with Gasteiger partial charge in [0.2, 0.25) is 0 Å². The fourth-order valence-electron chi connectivity index (χ4n) is 4.15. The number of halogens is 3.